The predicted octanol–water partition coefficient (Wildman–Crippen LogP) is 9.00. The topological polar surface area (TPSA) is 0 Å². The van der Waals surface area contributed by atoms with Crippen LogP contribution in [0.5, 0.6) is 0 Å². The van der Waals surface area contributed by atoms with Crippen LogP contribution in [-0.4, -0.2) is 28.8 Å². The average Bonchev–Trinajstić information content (AvgIpc) is 2.71. The SMILES string of the molecule is CC(C)c1cc(C(C)C)[c]([Sn]2([c]3c(C(C)C)cc(C(C)C)cc3C(C)C)[S][Ge][S]2)c(C(C)C)c1. The predicted molar refractivity (Wildman–Crippen MR) is 163 cm³/mol. The Labute approximate surface area is 224 Å². The van der Waals surface area contributed by atoms with Crippen molar-refractivity contribution >= 4 is 50.5 Å². The molecule has 0 amide bonds. The second-order valence-electron chi connectivity index (χ2n) is 12.0. The van der Waals surface area contributed by atoms with Gasteiger partial charge < -0.3 is 0 Å². The standard InChI is InChI=1S/2C15H23.GeS2.Sn/c2*1-10(2)13-7-14(11(3)4)9-15(8-13)12(5)6;2-1-3;/h2*7-8,10-12H,1-6H3;;/q;;-2;+2. The van der Waals surface area contributed by atoms with Crippen molar-refractivity contribution in [2.24, 2.45) is 0 Å². The molecule has 1 aliphatic rings. The van der Waals surface area contributed by atoms with E-state index in [1.807, 2.05) is 7.16 Å². The number of hydrogen-bond donors (Lipinski definition) is 0. The molecule has 186 valence electrons. The molecule has 2 aromatic rings. The van der Waals surface area contributed by atoms with E-state index in [2.05, 4.69) is 122 Å². The minimum atomic E-state index is -2.97. The molecule has 1 aliphatic heterocycles. The van der Waals surface area contributed by atoms with Crippen LogP contribution in [0.25, 0.3) is 0 Å². The van der Waals surface area contributed by atoms with Crippen LogP contribution in [0.3, 0.4) is 0 Å². The fraction of sp³-hybridized carbons (Fsp3) is 0.600. The Kier molecular flexibility index (Phi) is 9.80. The van der Waals surface area contributed by atoms with Crippen molar-refractivity contribution in [2.45, 2.75) is 119 Å². The van der Waals surface area contributed by atoms with Gasteiger partial charge in [-0.15, -0.1) is 0 Å². The van der Waals surface area contributed by atoms with Gasteiger partial charge in [-0.05, 0) is 0 Å². The average molecular weight is 662 g/mol. The first kappa shape index (κ1) is 29.0. The first-order valence-electron chi connectivity index (χ1n) is 13.3. The monoisotopic (exact) mass is 664 g/mol. The molecule has 0 unspecified atom stereocenters. The second-order valence-corrected chi connectivity index (χ2v) is 53.3. The van der Waals surface area contributed by atoms with Gasteiger partial charge in [-0.3, -0.25) is 0 Å². The molecule has 0 spiro atoms. The Morgan fingerprint density at radius 3 is 0.882 bits per heavy atom. The third-order valence-corrected chi connectivity index (χ3v) is 93.1. The summed E-state index contributed by atoms with van der Waals surface area (Å²) in [6.07, 6.45) is 0. The molecule has 0 saturated carbocycles. The van der Waals surface area contributed by atoms with Crippen molar-refractivity contribution in [3.63, 3.8) is 0 Å². The van der Waals surface area contributed by atoms with Gasteiger partial charge in [0.05, 0.1) is 0 Å². The maximum absolute atomic E-state index is 2.97. The molecule has 1 heterocycles. The third kappa shape index (κ3) is 5.50. The summed E-state index contributed by atoms with van der Waals surface area (Å²) in [6.45, 7) is 28.9. The number of hydrogen-bond acceptors (Lipinski definition) is 2. The summed E-state index contributed by atoms with van der Waals surface area (Å²) >= 11 is -2.91. The molecule has 1 fully saturated rings. The Morgan fingerprint density at radius 1 is 0.471 bits per heavy atom. The van der Waals surface area contributed by atoms with Gasteiger partial charge in [0.1, 0.15) is 0 Å². The molecule has 4 heteroatoms. The summed E-state index contributed by atoms with van der Waals surface area (Å²) < 4.78 is 3.71. The Morgan fingerprint density at radius 2 is 0.735 bits per heavy atom. The summed E-state index contributed by atoms with van der Waals surface area (Å²) in [4.78, 5) is 0. The van der Waals surface area contributed by atoms with Crippen LogP contribution >= 0.6 is 14.5 Å². The normalized spacial score (nSPS) is 15.9. The summed E-state index contributed by atoms with van der Waals surface area (Å²) in [6, 6.07) is 10.4. The van der Waals surface area contributed by atoms with Crippen LogP contribution in [0, 0.1) is 0 Å². The van der Waals surface area contributed by atoms with E-state index in [1.54, 1.807) is 22.3 Å². The Balaban J connectivity index is 2.48. The van der Waals surface area contributed by atoms with E-state index in [0.29, 0.717) is 35.5 Å². The van der Waals surface area contributed by atoms with E-state index < -0.39 is 15.6 Å². The molecule has 1 saturated heterocycles. The fourth-order valence-corrected chi connectivity index (χ4v) is 80.9. The second kappa shape index (κ2) is 11.5. The summed E-state index contributed by atoms with van der Waals surface area (Å²) in [5, 5.41) is 0. The van der Waals surface area contributed by atoms with Gasteiger partial charge in [0.2, 0.25) is 0 Å². The maximum atomic E-state index is 2.61. The molecular weight excluding hydrogens is 616 g/mol. The molecule has 0 aliphatic carbocycles. The van der Waals surface area contributed by atoms with Crippen LogP contribution in [0.4, 0.5) is 0 Å². The first-order valence-corrected chi connectivity index (χ1v) is 29.9. The fourth-order valence-electron chi connectivity index (χ4n) is 5.13. The Bertz CT molecular complexity index is 881. The molecule has 0 nitrogen and oxygen atoms in total. The van der Waals surface area contributed by atoms with E-state index in [4.69, 9.17) is 0 Å². The molecule has 34 heavy (non-hydrogen) atoms. The third-order valence-electron chi connectivity index (χ3n) is 7.29. The van der Waals surface area contributed by atoms with Crippen LogP contribution in [0.2, 0.25) is 0 Å². The van der Waals surface area contributed by atoms with Crippen molar-refractivity contribution in [3.8, 4) is 0 Å². The van der Waals surface area contributed by atoms with E-state index >= 15 is 0 Å². The minimum absolute atomic E-state index is 0.0605. The molecule has 0 atom stereocenters. The molecule has 0 bridgehead atoms. The van der Waals surface area contributed by atoms with E-state index in [0.717, 1.165) is 0 Å². The molecule has 0 aromatic heterocycles. The summed E-state index contributed by atoms with van der Waals surface area (Å²) in [5.74, 6) is 3.44. The van der Waals surface area contributed by atoms with Crippen LogP contribution in [-0.2, 0) is 0 Å². The van der Waals surface area contributed by atoms with Crippen molar-refractivity contribution < 1.29 is 0 Å². The van der Waals surface area contributed by atoms with Crippen LogP contribution in [0.1, 0.15) is 152 Å². The van der Waals surface area contributed by atoms with Crippen molar-refractivity contribution in [2.75, 3.05) is 0 Å². The van der Waals surface area contributed by atoms with Gasteiger partial charge in [-0.2, -0.15) is 0 Å². The molecule has 2 radical (unpaired) electrons. The van der Waals surface area contributed by atoms with Gasteiger partial charge in [0.15, 0.2) is 0 Å². The summed E-state index contributed by atoms with van der Waals surface area (Å²) in [7, 11) is 5.02. The van der Waals surface area contributed by atoms with Gasteiger partial charge >= 0.3 is 227 Å². The number of rotatable bonds is 8. The summed E-state index contributed by atoms with van der Waals surface area (Å²) in [5.41, 5.74) is 9.77. The van der Waals surface area contributed by atoms with Crippen molar-refractivity contribution in [1.82, 2.24) is 0 Å². The van der Waals surface area contributed by atoms with Gasteiger partial charge in [0, 0.05) is 0 Å². The molecule has 0 N–H and O–H groups in total. The Hall–Kier alpha value is 0.482. The molecule has 2 aromatic carbocycles. The molecule has 3 rings (SSSR count). The zero-order valence-corrected chi connectivity index (χ0v) is 30.2. The van der Waals surface area contributed by atoms with Gasteiger partial charge in [-0.25, -0.2) is 0 Å². The zero-order valence-electron chi connectivity index (χ0n) is 23.6. The van der Waals surface area contributed by atoms with Crippen LogP contribution < -0.4 is 7.16 Å². The van der Waals surface area contributed by atoms with Crippen molar-refractivity contribution in [3.05, 3.63) is 57.6 Å². The van der Waals surface area contributed by atoms with E-state index in [1.165, 1.54) is 11.1 Å². The number of benzene rings is 2. The van der Waals surface area contributed by atoms with E-state index in [9.17, 15) is 0 Å². The van der Waals surface area contributed by atoms with Crippen molar-refractivity contribution in [1.29, 1.82) is 0 Å². The quantitative estimate of drug-likeness (QED) is 0.259. The van der Waals surface area contributed by atoms with Gasteiger partial charge in [-0.1, -0.05) is 0 Å². The molecular formula is C30H46GeS2Sn. The van der Waals surface area contributed by atoms with Gasteiger partial charge in [0.25, 0.3) is 0 Å². The first-order chi connectivity index (χ1) is 15.8. The van der Waals surface area contributed by atoms with E-state index in [-0.39, 0.29) is 13.1 Å². The zero-order chi connectivity index (χ0) is 25.5. The van der Waals surface area contributed by atoms with Crippen LogP contribution in [0.15, 0.2) is 24.3 Å².